The van der Waals surface area contributed by atoms with Crippen molar-refractivity contribution in [2.24, 2.45) is 4.99 Å². The number of methoxy groups -OCH3 is 1. The Kier molecular flexibility index (Phi) is 7.84. The molecule has 1 aliphatic rings. The van der Waals surface area contributed by atoms with Gasteiger partial charge in [0.25, 0.3) is 0 Å². The number of nitrogens with one attached hydrogen (secondary N) is 2. The van der Waals surface area contributed by atoms with Crippen LogP contribution in [0.2, 0.25) is 0 Å². The molecule has 3 rings (SSSR count). The fraction of sp³-hybridized carbons (Fsp3) is 0.409. The third-order valence-electron chi connectivity index (χ3n) is 5.04. The molecule has 30 heavy (non-hydrogen) atoms. The van der Waals surface area contributed by atoms with Crippen LogP contribution in [0.5, 0.6) is 5.75 Å². The fourth-order valence-electron chi connectivity index (χ4n) is 3.60. The number of anilines is 1. The highest BCUT2D eigenvalue weighted by Crippen LogP contribution is 2.31. The van der Waals surface area contributed by atoms with Crippen LogP contribution in [0.1, 0.15) is 17.5 Å². The van der Waals surface area contributed by atoms with Gasteiger partial charge in [-0.1, -0.05) is 36.4 Å². The summed E-state index contributed by atoms with van der Waals surface area (Å²) in [7, 11) is 3.41. The Hall–Kier alpha value is -2.87. The average Bonchev–Trinajstić information content (AvgIpc) is 3.20. The van der Waals surface area contributed by atoms with Gasteiger partial charge in [0.1, 0.15) is 5.75 Å². The normalized spacial score (nSPS) is 16.8. The van der Waals surface area contributed by atoms with Crippen molar-refractivity contribution < 1.29 is 18.3 Å². The molecular formula is C22H28F2N4O2. The van der Waals surface area contributed by atoms with Crippen molar-refractivity contribution in [1.82, 2.24) is 10.6 Å². The van der Waals surface area contributed by atoms with Gasteiger partial charge in [0.05, 0.1) is 12.3 Å². The van der Waals surface area contributed by atoms with E-state index in [1.165, 1.54) is 0 Å². The van der Waals surface area contributed by atoms with Gasteiger partial charge in [-0.2, -0.15) is 8.78 Å². The van der Waals surface area contributed by atoms with Crippen LogP contribution in [0.3, 0.4) is 0 Å². The number of rotatable bonds is 8. The van der Waals surface area contributed by atoms with Gasteiger partial charge in [-0.3, -0.25) is 4.99 Å². The van der Waals surface area contributed by atoms with E-state index in [9.17, 15) is 8.78 Å². The van der Waals surface area contributed by atoms with E-state index in [0.717, 1.165) is 24.1 Å². The van der Waals surface area contributed by atoms with E-state index in [1.807, 2.05) is 24.3 Å². The summed E-state index contributed by atoms with van der Waals surface area (Å²) in [6, 6.07) is 15.1. The van der Waals surface area contributed by atoms with Gasteiger partial charge < -0.3 is 25.0 Å². The molecule has 6 nitrogen and oxygen atoms in total. The standard InChI is InChI=1S/C22H28F2N4O2/c1-25-22(26-13-16-7-3-4-8-17(16)15-29-2)27-18-11-12-28(14-18)19-9-5-6-10-20(19)30-21(23)24/h3-10,18,21H,11-15H2,1-2H3,(H2,25,26,27). The predicted molar refractivity (Wildman–Crippen MR) is 114 cm³/mol. The Morgan fingerprint density at radius 2 is 1.90 bits per heavy atom. The maximum atomic E-state index is 12.7. The van der Waals surface area contributed by atoms with Crippen LogP contribution in [-0.4, -0.2) is 45.9 Å². The molecule has 162 valence electrons. The quantitative estimate of drug-likeness (QED) is 0.509. The van der Waals surface area contributed by atoms with E-state index in [-0.39, 0.29) is 11.8 Å². The summed E-state index contributed by atoms with van der Waals surface area (Å²) < 4.78 is 35.3. The highest BCUT2D eigenvalue weighted by molar-refractivity contribution is 5.80. The van der Waals surface area contributed by atoms with Gasteiger partial charge in [-0.15, -0.1) is 0 Å². The first-order valence-electron chi connectivity index (χ1n) is 9.92. The molecule has 0 radical (unpaired) electrons. The maximum absolute atomic E-state index is 12.7. The molecule has 0 amide bonds. The topological polar surface area (TPSA) is 58.1 Å². The third-order valence-corrected chi connectivity index (χ3v) is 5.04. The highest BCUT2D eigenvalue weighted by atomic mass is 19.3. The molecular weight excluding hydrogens is 390 g/mol. The van der Waals surface area contributed by atoms with Crippen LogP contribution >= 0.6 is 0 Å². The van der Waals surface area contributed by atoms with E-state index in [4.69, 9.17) is 4.74 Å². The van der Waals surface area contributed by atoms with Crippen molar-refractivity contribution in [3.8, 4) is 5.75 Å². The van der Waals surface area contributed by atoms with Gasteiger partial charge in [-0.05, 0) is 29.7 Å². The molecule has 1 aliphatic heterocycles. The molecule has 0 aromatic heterocycles. The van der Waals surface area contributed by atoms with E-state index in [2.05, 4.69) is 31.3 Å². The highest BCUT2D eigenvalue weighted by Gasteiger charge is 2.26. The van der Waals surface area contributed by atoms with E-state index >= 15 is 0 Å². The molecule has 1 fully saturated rings. The number of aliphatic imine (C=N–C) groups is 1. The first-order chi connectivity index (χ1) is 14.6. The molecule has 0 bridgehead atoms. The second-order valence-electron chi connectivity index (χ2n) is 7.05. The molecule has 2 N–H and O–H groups in total. The Morgan fingerprint density at radius 1 is 1.17 bits per heavy atom. The van der Waals surface area contributed by atoms with Crippen molar-refractivity contribution in [2.75, 3.05) is 32.1 Å². The van der Waals surface area contributed by atoms with Crippen LogP contribution in [0.25, 0.3) is 0 Å². The van der Waals surface area contributed by atoms with Gasteiger partial charge in [0.15, 0.2) is 5.96 Å². The molecule has 1 atom stereocenters. The minimum Gasteiger partial charge on any atom is -0.433 e. The summed E-state index contributed by atoms with van der Waals surface area (Å²) >= 11 is 0. The number of nitrogens with zero attached hydrogens (tertiary/aromatic N) is 2. The molecule has 1 heterocycles. The Labute approximate surface area is 175 Å². The summed E-state index contributed by atoms with van der Waals surface area (Å²) in [4.78, 5) is 6.37. The van der Waals surface area contributed by atoms with Gasteiger partial charge >= 0.3 is 6.61 Å². The second-order valence-corrected chi connectivity index (χ2v) is 7.05. The lowest BCUT2D eigenvalue weighted by Crippen LogP contribution is -2.44. The van der Waals surface area contributed by atoms with Crippen LogP contribution in [-0.2, 0) is 17.9 Å². The van der Waals surface area contributed by atoms with Gasteiger partial charge in [-0.25, -0.2) is 0 Å². The van der Waals surface area contributed by atoms with Gasteiger partial charge in [0, 0.05) is 39.8 Å². The Morgan fingerprint density at radius 3 is 2.63 bits per heavy atom. The van der Waals surface area contributed by atoms with Crippen molar-refractivity contribution in [1.29, 1.82) is 0 Å². The molecule has 0 spiro atoms. The first-order valence-corrected chi connectivity index (χ1v) is 9.92. The second kappa shape index (κ2) is 10.8. The zero-order valence-electron chi connectivity index (χ0n) is 17.3. The lowest BCUT2D eigenvalue weighted by Gasteiger charge is -2.22. The molecule has 1 unspecified atom stereocenters. The predicted octanol–water partition coefficient (Wildman–Crippen LogP) is 3.38. The zero-order chi connectivity index (χ0) is 21.3. The smallest absolute Gasteiger partial charge is 0.387 e. The molecule has 2 aromatic rings. The lowest BCUT2D eigenvalue weighted by molar-refractivity contribution is -0.0495. The SMILES string of the molecule is CN=C(NCc1ccccc1COC)NC1CCN(c2ccccc2OC(F)F)C1. The number of hydrogen-bond acceptors (Lipinski definition) is 4. The van der Waals surface area contributed by atoms with Crippen molar-refractivity contribution in [2.45, 2.75) is 32.2 Å². The van der Waals surface area contributed by atoms with Crippen LogP contribution in [0.15, 0.2) is 53.5 Å². The summed E-state index contributed by atoms with van der Waals surface area (Å²) in [5.41, 5.74) is 2.96. The number of para-hydroxylation sites is 2. The van der Waals surface area contributed by atoms with E-state index in [0.29, 0.717) is 31.3 Å². The first kappa shape index (κ1) is 21.8. The molecule has 8 heteroatoms. The molecule has 1 saturated heterocycles. The van der Waals surface area contributed by atoms with Crippen LogP contribution in [0.4, 0.5) is 14.5 Å². The van der Waals surface area contributed by atoms with Gasteiger partial charge in [0.2, 0.25) is 0 Å². The van der Waals surface area contributed by atoms with Crippen molar-refractivity contribution in [3.05, 3.63) is 59.7 Å². The van der Waals surface area contributed by atoms with Crippen LogP contribution < -0.4 is 20.3 Å². The molecule has 0 saturated carbocycles. The number of guanidine groups is 1. The number of benzene rings is 2. The van der Waals surface area contributed by atoms with E-state index < -0.39 is 6.61 Å². The Bertz CT molecular complexity index is 847. The third kappa shape index (κ3) is 5.82. The minimum atomic E-state index is -2.84. The van der Waals surface area contributed by atoms with Crippen LogP contribution in [0, 0.1) is 0 Å². The summed E-state index contributed by atoms with van der Waals surface area (Å²) in [5, 5.41) is 6.77. The summed E-state index contributed by atoms with van der Waals surface area (Å²) in [5.74, 6) is 0.900. The number of halogens is 2. The maximum Gasteiger partial charge on any atom is 0.387 e. The molecule has 2 aromatic carbocycles. The monoisotopic (exact) mass is 418 g/mol. The Balaban J connectivity index is 1.57. The largest absolute Gasteiger partial charge is 0.433 e. The minimum absolute atomic E-state index is 0.144. The number of alkyl halides is 2. The zero-order valence-corrected chi connectivity index (χ0v) is 17.3. The lowest BCUT2D eigenvalue weighted by atomic mass is 10.1. The molecule has 0 aliphatic carbocycles. The summed E-state index contributed by atoms with van der Waals surface area (Å²) in [6.45, 7) is -0.242. The fourth-order valence-corrected chi connectivity index (χ4v) is 3.60. The number of hydrogen-bond donors (Lipinski definition) is 2. The van der Waals surface area contributed by atoms with Crippen molar-refractivity contribution >= 4 is 11.6 Å². The van der Waals surface area contributed by atoms with Crippen molar-refractivity contribution in [3.63, 3.8) is 0 Å². The average molecular weight is 418 g/mol. The summed E-state index contributed by atoms with van der Waals surface area (Å²) in [6.07, 6.45) is 0.865. The number of ether oxygens (including phenoxy) is 2. The van der Waals surface area contributed by atoms with E-state index in [1.54, 1.807) is 32.4 Å².